The molecule has 0 unspecified atom stereocenters. The number of hydrogen-bond acceptors (Lipinski definition) is 4. The largest absolute Gasteiger partial charge is 0.322 e. The average Bonchev–Trinajstić information content (AvgIpc) is 2.49. The highest BCUT2D eigenvalue weighted by Crippen LogP contribution is 2.27. The van der Waals surface area contributed by atoms with Crippen molar-refractivity contribution in [1.82, 2.24) is 0 Å². The van der Waals surface area contributed by atoms with Crippen LogP contribution in [0.5, 0.6) is 0 Å². The number of thioether (sulfide) groups is 1. The zero-order valence-corrected chi connectivity index (χ0v) is 12.6. The van der Waals surface area contributed by atoms with Gasteiger partial charge in [-0.15, -0.1) is 11.8 Å². The molecule has 0 heterocycles. The van der Waals surface area contributed by atoms with E-state index in [1.807, 2.05) is 18.4 Å². The monoisotopic (exact) mass is 322 g/mol. The van der Waals surface area contributed by atoms with E-state index in [4.69, 9.17) is 11.6 Å². The second kappa shape index (κ2) is 6.60. The van der Waals surface area contributed by atoms with Gasteiger partial charge in [0, 0.05) is 22.2 Å². The Morgan fingerprint density at radius 1 is 1.24 bits per heavy atom. The van der Waals surface area contributed by atoms with Crippen LogP contribution in [0.25, 0.3) is 0 Å². The predicted octanol–water partition coefficient (Wildman–Crippen LogP) is 4.22. The topological polar surface area (TPSA) is 72.2 Å². The molecule has 2 aromatic rings. The first-order valence-corrected chi connectivity index (χ1v) is 7.51. The first-order valence-electron chi connectivity index (χ1n) is 5.90. The quantitative estimate of drug-likeness (QED) is 0.519. The van der Waals surface area contributed by atoms with Crippen molar-refractivity contribution in [1.29, 1.82) is 0 Å². The number of nitro groups is 1. The van der Waals surface area contributed by atoms with E-state index in [1.165, 1.54) is 18.2 Å². The van der Waals surface area contributed by atoms with Crippen molar-refractivity contribution in [2.75, 3.05) is 11.6 Å². The first-order chi connectivity index (χ1) is 10.0. The molecule has 0 atom stereocenters. The molecule has 0 spiro atoms. The highest BCUT2D eigenvalue weighted by molar-refractivity contribution is 7.98. The number of halogens is 1. The van der Waals surface area contributed by atoms with Crippen molar-refractivity contribution >= 4 is 40.6 Å². The van der Waals surface area contributed by atoms with Gasteiger partial charge in [0.1, 0.15) is 5.02 Å². The van der Waals surface area contributed by atoms with Gasteiger partial charge >= 0.3 is 0 Å². The number of hydrogen-bond donors (Lipinski definition) is 1. The number of nitrogens with zero attached hydrogens (tertiary/aromatic N) is 1. The van der Waals surface area contributed by atoms with E-state index in [0.717, 1.165) is 4.90 Å². The SMILES string of the molecule is CSc1ccc(C(=O)Nc2ccc(Cl)c([N+](=O)[O-])c2)cc1. The summed E-state index contributed by atoms with van der Waals surface area (Å²) in [4.78, 5) is 23.3. The van der Waals surface area contributed by atoms with Crippen molar-refractivity contribution in [3.8, 4) is 0 Å². The summed E-state index contributed by atoms with van der Waals surface area (Å²) in [5, 5.41) is 13.4. The molecular formula is C14H11ClN2O3S. The Hall–Kier alpha value is -2.05. The minimum Gasteiger partial charge on any atom is -0.322 e. The van der Waals surface area contributed by atoms with Crippen LogP contribution in [-0.2, 0) is 0 Å². The number of carbonyl (C=O) groups excluding carboxylic acids is 1. The van der Waals surface area contributed by atoms with Gasteiger partial charge in [0.2, 0.25) is 0 Å². The molecule has 21 heavy (non-hydrogen) atoms. The number of nitrogens with one attached hydrogen (secondary N) is 1. The average molecular weight is 323 g/mol. The number of anilines is 1. The number of benzene rings is 2. The molecule has 0 bridgehead atoms. The molecule has 0 aromatic heterocycles. The molecule has 1 amide bonds. The summed E-state index contributed by atoms with van der Waals surface area (Å²) in [5.41, 5.74) is 0.558. The van der Waals surface area contributed by atoms with Crippen LogP contribution in [0.15, 0.2) is 47.4 Å². The summed E-state index contributed by atoms with van der Waals surface area (Å²) in [6.45, 7) is 0. The zero-order valence-electron chi connectivity index (χ0n) is 11.0. The van der Waals surface area contributed by atoms with Crippen LogP contribution in [0.3, 0.4) is 0 Å². The van der Waals surface area contributed by atoms with E-state index >= 15 is 0 Å². The lowest BCUT2D eigenvalue weighted by molar-refractivity contribution is -0.384. The van der Waals surface area contributed by atoms with E-state index in [0.29, 0.717) is 11.3 Å². The summed E-state index contributed by atoms with van der Waals surface area (Å²) in [7, 11) is 0. The van der Waals surface area contributed by atoms with E-state index in [1.54, 1.807) is 23.9 Å². The molecule has 108 valence electrons. The number of rotatable bonds is 4. The molecule has 5 nitrogen and oxygen atoms in total. The zero-order chi connectivity index (χ0) is 15.4. The van der Waals surface area contributed by atoms with Crippen LogP contribution in [0.1, 0.15) is 10.4 Å². The van der Waals surface area contributed by atoms with Gasteiger partial charge in [-0.25, -0.2) is 0 Å². The maximum Gasteiger partial charge on any atom is 0.289 e. The highest BCUT2D eigenvalue weighted by atomic mass is 35.5. The predicted molar refractivity (Wildman–Crippen MR) is 84.3 cm³/mol. The molecule has 0 aliphatic carbocycles. The van der Waals surface area contributed by atoms with Crippen LogP contribution in [-0.4, -0.2) is 17.1 Å². The highest BCUT2D eigenvalue weighted by Gasteiger charge is 2.14. The van der Waals surface area contributed by atoms with Gasteiger partial charge in [0.25, 0.3) is 11.6 Å². The maximum atomic E-state index is 12.1. The normalized spacial score (nSPS) is 10.2. The van der Waals surface area contributed by atoms with Crippen LogP contribution < -0.4 is 5.32 Å². The maximum absolute atomic E-state index is 12.1. The van der Waals surface area contributed by atoms with E-state index in [2.05, 4.69) is 5.32 Å². The van der Waals surface area contributed by atoms with Gasteiger partial charge in [0.05, 0.1) is 4.92 Å². The summed E-state index contributed by atoms with van der Waals surface area (Å²) in [6, 6.07) is 11.2. The van der Waals surface area contributed by atoms with Crippen molar-refractivity contribution in [3.63, 3.8) is 0 Å². The van der Waals surface area contributed by atoms with Gasteiger partial charge in [-0.05, 0) is 42.7 Å². The number of nitro benzene ring substituents is 1. The summed E-state index contributed by atoms with van der Waals surface area (Å²) < 4.78 is 0. The standard InChI is InChI=1S/C14H11ClN2O3S/c1-21-11-5-2-9(3-6-11)14(18)16-10-4-7-12(15)13(8-10)17(19)20/h2-8H,1H3,(H,16,18). The molecule has 0 saturated carbocycles. The molecule has 0 fully saturated rings. The van der Waals surface area contributed by atoms with Crippen molar-refractivity contribution in [2.45, 2.75) is 4.90 Å². The molecule has 0 aliphatic rings. The Kier molecular flexibility index (Phi) is 4.82. The third-order valence-corrected chi connectivity index (χ3v) is 3.82. The van der Waals surface area contributed by atoms with E-state index < -0.39 is 4.92 Å². The van der Waals surface area contributed by atoms with Gasteiger partial charge in [-0.2, -0.15) is 0 Å². The van der Waals surface area contributed by atoms with Crippen LogP contribution in [0, 0.1) is 10.1 Å². The van der Waals surface area contributed by atoms with Crippen LogP contribution in [0.4, 0.5) is 11.4 Å². The molecule has 0 radical (unpaired) electrons. The molecule has 0 aliphatic heterocycles. The first kappa shape index (κ1) is 15.3. The molecule has 0 saturated heterocycles. The smallest absolute Gasteiger partial charge is 0.289 e. The van der Waals surface area contributed by atoms with Gasteiger partial charge in [-0.1, -0.05) is 11.6 Å². The summed E-state index contributed by atoms with van der Waals surface area (Å²) >= 11 is 7.30. The Morgan fingerprint density at radius 2 is 1.90 bits per heavy atom. The Balaban J connectivity index is 2.19. The lowest BCUT2D eigenvalue weighted by Gasteiger charge is -2.06. The van der Waals surface area contributed by atoms with Crippen LogP contribution >= 0.6 is 23.4 Å². The molecular weight excluding hydrogens is 312 g/mol. The second-order valence-electron chi connectivity index (χ2n) is 4.11. The van der Waals surface area contributed by atoms with Crippen molar-refractivity contribution < 1.29 is 9.72 Å². The lowest BCUT2D eigenvalue weighted by Crippen LogP contribution is -2.11. The van der Waals surface area contributed by atoms with E-state index in [9.17, 15) is 14.9 Å². The third-order valence-electron chi connectivity index (χ3n) is 2.75. The summed E-state index contributed by atoms with van der Waals surface area (Å²) in [5.74, 6) is -0.334. The fourth-order valence-corrected chi connectivity index (χ4v) is 2.27. The molecule has 2 aromatic carbocycles. The van der Waals surface area contributed by atoms with Gasteiger partial charge in [-0.3, -0.25) is 14.9 Å². The number of carbonyl (C=O) groups is 1. The molecule has 1 N–H and O–H groups in total. The Labute approximate surface area is 130 Å². The van der Waals surface area contributed by atoms with Gasteiger partial charge < -0.3 is 5.32 Å². The van der Waals surface area contributed by atoms with Crippen molar-refractivity contribution in [2.24, 2.45) is 0 Å². The van der Waals surface area contributed by atoms with E-state index in [-0.39, 0.29) is 16.6 Å². The number of amides is 1. The molecule has 7 heteroatoms. The van der Waals surface area contributed by atoms with Crippen LogP contribution in [0.2, 0.25) is 5.02 Å². The fraction of sp³-hybridized carbons (Fsp3) is 0.0714. The fourth-order valence-electron chi connectivity index (χ4n) is 1.68. The summed E-state index contributed by atoms with van der Waals surface area (Å²) in [6.07, 6.45) is 1.95. The Bertz CT molecular complexity index is 689. The second-order valence-corrected chi connectivity index (χ2v) is 5.39. The third kappa shape index (κ3) is 3.74. The minimum absolute atomic E-state index is 0.0299. The van der Waals surface area contributed by atoms with Crippen molar-refractivity contribution in [3.05, 3.63) is 63.2 Å². The van der Waals surface area contributed by atoms with Gasteiger partial charge in [0.15, 0.2) is 0 Å². The minimum atomic E-state index is -0.592. The molecule has 2 rings (SSSR count). The lowest BCUT2D eigenvalue weighted by atomic mass is 10.2. The Morgan fingerprint density at radius 3 is 2.48 bits per heavy atom.